The molecular weight excluding hydrogens is 398 g/mol. The van der Waals surface area contributed by atoms with Gasteiger partial charge in [0.2, 0.25) is 5.91 Å². The van der Waals surface area contributed by atoms with Gasteiger partial charge in [0.15, 0.2) is 0 Å². The maximum absolute atomic E-state index is 12.8. The molecule has 0 aliphatic rings. The van der Waals surface area contributed by atoms with Crippen molar-refractivity contribution in [1.29, 1.82) is 0 Å². The first kappa shape index (κ1) is 21.1. The van der Waals surface area contributed by atoms with E-state index in [9.17, 15) is 9.59 Å². The van der Waals surface area contributed by atoms with Crippen molar-refractivity contribution >= 4 is 34.0 Å². The quantitative estimate of drug-likeness (QED) is 0.431. The third-order valence-corrected chi connectivity index (χ3v) is 5.24. The fraction of sp³-hybridized carbons (Fsp3) is 0.111. The van der Waals surface area contributed by atoms with Gasteiger partial charge in [0.1, 0.15) is 0 Å². The van der Waals surface area contributed by atoms with Crippen LogP contribution in [0.15, 0.2) is 97.1 Å². The first-order chi connectivity index (χ1) is 15.6. The summed E-state index contributed by atoms with van der Waals surface area (Å²) in [5.74, 6) is -0.225. The Hall–Kier alpha value is -4.12. The second-order valence-electron chi connectivity index (χ2n) is 7.66. The molecule has 0 aliphatic heterocycles. The van der Waals surface area contributed by atoms with Crippen LogP contribution in [0.4, 0.5) is 11.4 Å². The Labute approximate surface area is 187 Å². The number of carbonyl (C=O) groups is 2. The van der Waals surface area contributed by atoms with Gasteiger partial charge in [-0.3, -0.25) is 9.59 Å². The molecule has 0 bridgehead atoms. The molecule has 0 atom stereocenters. The molecule has 0 saturated heterocycles. The standard InChI is InChI=1S/C27H25N3O2/c1-30(19-20-9-3-2-4-10-20)27(32)22-13-7-14-23(17-22)28-18-26(31)29-25-16-8-12-21-11-5-6-15-24(21)25/h2-17,28H,18-19H2,1H3,(H,29,31). The third kappa shape index (κ3) is 5.13. The highest BCUT2D eigenvalue weighted by Crippen LogP contribution is 2.23. The van der Waals surface area contributed by atoms with Gasteiger partial charge in [0, 0.05) is 35.9 Å². The number of nitrogens with one attached hydrogen (secondary N) is 2. The van der Waals surface area contributed by atoms with E-state index in [0.29, 0.717) is 12.1 Å². The van der Waals surface area contributed by atoms with E-state index in [4.69, 9.17) is 0 Å². The molecule has 0 saturated carbocycles. The van der Waals surface area contributed by atoms with Crippen molar-refractivity contribution in [3.8, 4) is 0 Å². The molecule has 160 valence electrons. The summed E-state index contributed by atoms with van der Waals surface area (Å²) in [7, 11) is 1.78. The Balaban J connectivity index is 1.37. The fourth-order valence-corrected chi connectivity index (χ4v) is 3.62. The van der Waals surface area contributed by atoms with Gasteiger partial charge in [-0.2, -0.15) is 0 Å². The van der Waals surface area contributed by atoms with Crippen LogP contribution in [-0.4, -0.2) is 30.3 Å². The van der Waals surface area contributed by atoms with Gasteiger partial charge >= 0.3 is 0 Å². The molecule has 0 radical (unpaired) electrons. The number of rotatable bonds is 7. The molecule has 0 aliphatic carbocycles. The molecule has 2 amide bonds. The van der Waals surface area contributed by atoms with E-state index < -0.39 is 0 Å². The zero-order valence-corrected chi connectivity index (χ0v) is 17.9. The van der Waals surface area contributed by atoms with Crippen molar-refractivity contribution in [2.24, 2.45) is 0 Å². The van der Waals surface area contributed by atoms with Crippen molar-refractivity contribution in [3.05, 3.63) is 108 Å². The molecule has 0 unspecified atom stereocenters. The summed E-state index contributed by atoms with van der Waals surface area (Å²) in [5, 5.41) is 8.15. The minimum Gasteiger partial charge on any atom is -0.376 e. The lowest BCUT2D eigenvalue weighted by Gasteiger charge is -2.18. The number of amides is 2. The van der Waals surface area contributed by atoms with E-state index in [1.165, 1.54) is 0 Å². The van der Waals surface area contributed by atoms with E-state index in [1.807, 2.05) is 84.9 Å². The van der Waals surface area contributed by atoms with Crippen LogP contribution in [0.5, 0.6) is 0 Å². The molecule has 0 aromatic heterocycles. The Morgan fingerprint density at radius 2 is 1.53 bits per heavy atom. The molecule has 5 heteroatoms. The SMILES string of the molecule is CN(Cc1ccccc1)C(=O)c1cccc(NCC(=O)Nc2cccc3ccccc23)c1. The van der Waals surface area contributed by atoms with Crippen LogP contribution in [0.1, 0.15) is 15.9 Å². The largest absolute Gasteiger partial charge is 0.376 e. The normalized spacial score (nSPS) is 10.5. The number of anilines is 2. The van der Waals surface area contributed by atoms with Crippen molar-refractivity contribution in [2.45, 2.75) is 6.54 Å². The summed E-state index contributed by atoms with van der Waals surface area (Å²) in [6.45, 7) is 0.630. The number of fused-ring (bicyclic) bond motifs is 1. The molecular formula is C27H25N3O2. The van der Waals surface area contributed by atoms with E-state index in [-0.39, 0.29) is 18.4 Å². The molecule has 2 N–H and O–H groups in total. The van der Waals surface area contributed by atoms with Gasteiger partial charge in [-0.15, -0.1) is 0 Å². The third-order valence-electron chi connectivity index (χ3n) is 5.24. The summed E-state index contributed by atoms with van der Waals surface area (Å²) in [4.78, 5) is 27.0. The highest BCUT2D eigenvalue weighted by atomic mass is 16.2. The lowest BCUT2D eigenvalue weighted by molar-refractivity contribution is -0.114. The molecule has 0 heterocycles. The van der Waals surface area contributed by atoms with E-state index in [0.717, 1.165) is 27.7 Å². The molecule has 32 heavy (non-hydrogen) atoms. The average Bonchev–Trinajstić information content (AvgIpc) is 2.83. The minimum absolute atomic E-state index is 0.0716. The van der Waals surface area contributed by atoms with E-state index in [1.54, 1.807) is 24.1 Å². The van der Waals surface area contributed by atoms with Gasteiger partial charge in [0.25, 0.3) is 5.91 Å². The number of nitrogens with zero attached hydrogens (tertiary/aromatic N) is 1. The molecule has 4 aromatic carbocycles. The maximum Gasteiger partial charge on any atom is 0.253 e. The summed E-state index contributed by atoms with van der Waals surface area (Å²) in [5.41, 5.74) is 3.14. The molecule has 5 nitrogen and oxygen atoms in total. The number of benzene rings is 4. The van der Waals surface area contributed by atoms with Gasteiger partial charge in [-0.25, -0.2) is 0 Å². The Morgan fingerprint density at radius 3 is 2.38 bits per heavy atom. The average molecular weight is 424 g/mol. The monoisotopic (exact) mass is 423 g/mol. The predicted molar refractivity (Wildman–Crippen MR) is 130 cm³/mol. The van der Waals surface area contributed by atoms with Crippen LogP contribution < -0.4 is 10.6 Å². The highest BCUT2D eigenvalue weighted by Gasteiger charge is 2.13. The van der Waals surface area contributed by atoms with Crippen molar-refractivity contribution in [3.63, 3.8) is 0 Å². The molecule has 4 rings (SSSR count). The van der Waals surface area contributed by atoms with Gasteiger partial charge < -0.3 is 15.5 Å². The summed E-state index contributed by atoms with van der Waals surface area (Å²) < 4.78 is 0. The van der Waals surface area contributed by atoms with E-state index >= 15 is 0 Å². The van der Waals surface area contributed by atoms with Crippen molar-refractivity contribution in [2.75, 3.05) is 24.2 Å². The van der Waals surface area contributed by atoms with Crippen LogP contribution in [0.2, 0.25) is 0 Å². The van der Waals surface area contributed by atoms with Crippen LogP contribution in [0.3, 0.4) is 0 Å². The van der Waals surface area contributed by atoms with Crippen LogP contribution in [0, 0.1) is 0 Å². The summed E-state index contributed by atoms with van der Waals surface area (Å²) in [6.07, 6.45) is 0. The summed E-state index contributed by atoms with van der Waals surface area (Å²) in [6, 6.07) is 30.8. The van der Waals surface area contributed by atoms with Crippen molar-refractivity contribution < 1.29 is 9.59 Å². The Kier molecular flexibility index (Phi) is 6.46. The fourth-order valence-electron chi connectivity index (χ4n) is 3.62. The first-order valence-corrected chi connectivity index (χ1v) is 10.5. The minimum atomic E-state index is -0.153. The zero-order valence-electron chi connectivity index (χ0n) is 17.9. The van der Waals surface area contributed by atoms with Gasteiger partial charge in [-0.1, -0.05) is 72.8 Å². The van der Waals surface area contributed by atoms with Gasteiger partial charge in [-0.05, 0) is 35.2 Å². The van der Waals surface area contributed by atoms with Crippen molar-refractivity contribution in [1.82, 2.24) is 4.90 Å². The van der Waals surface area contributed by atoms with Crippen LogP contribution in [0.25, 0.3) is 10.8 Å². The second kappa shape index (κ2) is 9.79. The predicted octanol–water partition coefficient (Wildman–Crippen LogP) is 5.16. The zero-order chi connectivity index (χ0) is 22.3. The molecule has 0 fully saturated rings. The van der Waals surface area contributed by atoms with Crippen LogP contribution in [-0.2, 0) is 11.3 Å². The molecule has 4 aromatic rings. The lowest BCUT2D eigenvalue weighted by atomic mass is 10.1. The maximum atomic E-state index is 12.8. The number of hydrogen-bond donors (Lipinski definition) is 2. The Bertz CT molecular complexity index is 1230. The lowest BCUT2D eigenvalue weighted by Crippen LogP contribution is -2.26. The number of carbonyl (C=O) groups excluding carboxylic acids is 2. The highest BCUT2D eigenvalue weighted by molar-refractivity contribution is 6.03. The topological polar surface area (TPSA) is 61.4 Å². The second-order valence-corrected chi connectivity index (χ2v) is 7.66. The smallest absolute Gasteiger partial charge is 0.253 e. The number of hydrogen-bond acceptors (Lipinski definition) is 3. The Morgan fingerprint density at radius 1 is 0.812 bits per heavy atom. The first-order valence-electron chi connectivity index (χ1n) is 10.5. The van der Waals surface area contributed by atoms with Crippen LogP contribution >= 0.6 is 0 Å². The van der Waals surface area contributed by atoms with E-state index in [2.05, 4.69) is 10.6 Å². The van der Waals surface area contributed by atoms with Gasteiger partial charge in [0.05, 0.1) is 6.54 Å². The molecule has 0 spiro atoms. The summed E-state index contributed by atoms with van der Waals surface area (Å²) >= 11 is 0.